The highest BCUT2D eigenvalue weighted by atomic mass is 79.9. The summed E-state index contributed by atoms with van der Waals surface area (Å²) < 4.78 is 6.47. The maximum atomic E-state index is 12.1. The second-order valence-electron chi connectivity index (χ2n) is 4.44. The summed E-state index contributed by atoms with van der Waals surface area (Å²) >= 11 is 9.17. The van der Waals surface area contributed by atoms with E-state index in [0.717, 1.165) is 4.47 Å². The number of halogens is 2. The lowest BCUT2D eigenvalue weighted by atomic mass is 10.2. The van der Waals surface area contributed by atoms with Crippen molar-refractivity contribution >= 4 is 44.8 Å². The Morgan fingerprint density at radius 3 is 2.76 bits per heavy atom. The van der Waals surface area contributed by atoms with Crippen molar-refractivity contribution in [3.63, 3.8) is 0 Å². The Balaban J connectivity index is 2.02. The molecule has 0 bridgehead atoms. The summed E-state index contributed by atoms with van der Waals surface area (Å²) in [6.07, 6.45) is -0.658. The minimum absolute atomic E-state index is 0.288. The highest BCUT2D eigenvalue weighted by Crippen LogP contribution is 2.23. The molecule has 0 fully saturated rings. The molecule has 2 aromatic rings. The number of carbonyl (C=O) groups excluding carboxylic acids is 1. The topological polar surface area (TPSA) is 64.3 Å². The van der Waals surface area contributed by atoms with E-state index in [1.165, 1.54) is 0 Å². The van der Waals surface area contributed by atoms with Crippen LogP contribution in [0.5, 0.6) is 5.75 Å². The molecule has 0 aromatic heterocycles. The van der Waals surface area contributed by atoms with E-state index in [1.807, 2.05) is 12.1 Å². The summed E-state index contributed by atoms with van der Waals surface area (Å²) in [7, 11) is 0. The third-order valence-electron chi connectivity index (χ3n) is 2.75. The zero-order valence-corrected chi connectivity index (χ0v) is 13.6. The van der Waals surface area contributed by atoms with Gasteiger partial charge in [0.1, 0.15) is 5.75 Å². The summed E-state index contributed by atoms with van der Waals surface area (Å²) in [5, 5.41) is 3.23. The highest BCUT2D eigenvalue weighted by Gasteiger charge is 2.16. The van der Waals surface area contributed by atoms with Crippen LogP contribution in [-0.4, -0.2) is 12.0 Å². The van der Waals surface area contributed by atoms with Gasteiger partial charge in [0.25, 0.3) is 5.91 Å². The van der Waals surface area contributed by atoms with Gasteiger partial charge in [-0.15, -0.1) is 0 Å². The Morgan fingerprint density at radius 1 is 1.33 bits per heavy atom. The molecule has 21 heavy (non-hydrogen) atoms. The average Bonchev–Trinajstić information content (AvgIpc) is 2.41. The molecule has 3 N–H and O–H groups in total. The first-order valence-corrected chi connectivity index (χ1v) is 7.41. The fraction of sp³-hybridized carbons (Fsp3) is 0.133. The fourth-order valence-corrected chi connectivity index (χ4v) is 2.24. The van der Waals surface area contributed by atoms with Crippen LogP contribution in [0.15, 0.2) is 46.9 Å². The van der Waals surface area contributed by atoms with Crippen molar-refractivity contribution in [1.29, 1.82) is 0 Å². The molecule has 110 valence electrons. The van der Waals surface area contributed by atoms with E-state index < -0.39 is 6.10 Å². The number of ether oxygens (including phenoxy) is 1. The lowest BCUT2D eigenvalue weighted by molar-refractivity contribution is -0.122. The van der Waals surface area contributed by atoms with Gasteiger partial charge >= 0.3 is 0 Å². The second kappa shape index (κ2) is 6.83. The number of anilines is 2. The molecule has 0 heterocycles. The number of nitrogen functional groups attached to an aromatic ring is 1. The van der Waals surface area contributed by atoms with Crippen molar-refractivity contribution in [2.75, 3.05) is 11.1 Å². The van der Waals surface area contributed by atoms with Gasteiger partial charge in [-0.1, -0.05) is 33.6 Å². The summed E-state index contributed by atoms with van der Waals surface area (Å²) in [4.78, 5) is 12.1. The van der Waals surface area contributed by atoms with E-state index in [2.05, 4.69) is 21.2 Å². The Kier molecular flexibility index (Phi) is 5.09. The number of nitrogens with two attached hydrogens (primary N) is 1. The molecule has 4 nitrogen and oxygen atoms in total. The monoisotopic (exact) mass is 368 g/mol. The summed E-state index contributed by atoms with van der Waals surface area (Å²) in [5.41, 5.74) is 6.71. The molecule has 1 amide bonds. The van der Waals surface area contributed by atoms with Crippen LogP contribution in [0.2, 0.25) is 5.02 Å². The molecule has 0 spiro atoms. The Labute approximate surface area is 136 Å². The minimum Gasteiger partial charge on any atom is -0.481 e. The van der Waals surface area contributed by atoms with Crippen LogP contribution in [-0.2, 0) is 4.79 Å². The molecule has 1 unspecified atom stereocenters. The SMILES string of the molecule is CC(Oc1cccc(Br)c1)C(=O)Nc1ccc(Cl)cc1N. The van der Waals surface area contributed by atoms with Crippen LogP contribution in [0.1, 0.15) is 6.92 Å². The van der Waals surface area contributed by atoms with Crippen LogP contribution in [0.4, 0.5) is 11.4 Å². The summed E-state index contributed by atoms with van der Waals surface area (Å²) in [5.74, 6) is 0.320. The molecule has 2 aromatic carbocycles. The summed E-state index contributed by atoms with van der Waals surface area (Å²) in [6.45, 7) is 1.67. The summed E-state index contributed by atoms with van der Waals surface area (Å²) in [6, 6.07) is 12.2. The van der Waals surface area contributed by atoms with E-state index >= 15 is 0 Å². The van der Waals surface area contributed by atoms with E-state index in [4.69, 9.17) is 22.1 Å². The molecule has 0 saturated carbocycles. The fourth-order valence-electron chi connectivity index (χ4n) is 1.68. The van der Waals surface area contributed by atoms with Gasteiger partial charge in [0, 0.05) is 9.50 Å². The van der Waals surface area contributed by atoms with Gasteiger partial charge in [-0.05, 0) is 43.3 Å². The van der Waals surface area contributed by atoms with Crippen molar-refractivity contribution in [3.8, 4) is 5.75 Å². The van der Waals surface area contributed by atoms with Crippen molar-refractivity contribution in [2.24, 2.45) is 0 Å². The van der Waals surface area contributed by atoms with Crippen LogP contribution in [0.3, 0.4) is 0 Å². The molecule has 0 aliphatic carbocycles. The van der Waals surface area contributed by atoms with E-state index in [9.17, 15) is 4.79 Å². The van der Waals surface area contributed by atoms with Crippen LogP contribution in [0, 0.1) is 0 Å². The number of rotatable bonds is 4. The second-order valence-corrected chi connectivity index (χ2v) is 5.79. The quantitative estimate of drug-likeness (QED) is 0.798. The van der Waals surface area contributed by atoms with Crippen LogP contribution < -0.4 is 15.8 Å². The zero-order chi connectivity index (χ0) is 15.4. The lowest BCUT2D eigenvalue weighted by Crippen LogP contribution is -2.30. The van der Waals surface area contributed by atoms with Gasteiger partial charge in [0.05, 0.1) is 11.4 Å². The van der Waals surface area contributed by atoms with E-state index in [-0.39, 0.29) is 5.91 Å². The Bertz CT molecular complexity index is 664. The van der Waals surface area contributed by atoms with Gasteiger partial charge in [-0.3, -0.25) is 4.79 Å². The Hall–Kier alpha value is -1.72. The third kappa shape index (κ3) is 4.37. The molecular weight excluding hydrogens is 356 g/mol. The predicted molar refractivity (Wildman–Crippen MR) is 88.7 cm³/mol. The molecule has 1 atom stereocenters. The maximum absolute atomic E-state index is 12.1. The number of hydrogen-bond donors (Lipinski definition) is 2. The van der Waals surface area contributed by atoms with Crippen molar-refractivity contribution in [3.05, 3.63) is 52.0 Å². The number of nitrogens with one attached hydrogen (secondary N) is 1. The third-order valence-corrected chi connectivity index (χ3v) is 3.48. The largest absolute Gasteiger partial charge is 0.481 e. The molecule has 0 saturated heterocycles. The zero-order valence-electron chi connectivity index (χ0n) is 11.3. The lowest BCUT2D eigenvalue weighted by Gasteiger charge is -2.15. The number of benzene rings is 2. The first kappa shape index (κ1) is 15.7. The van der Waals surface area contributed by atoms with E-state index in [1.54, 1.807) is 37.3 Å². The number of amides is 1. The molecule has 6 heteroatoms. The minimum atomic E-state index is -0.658. The molecule has 0 radical (unpaired) electrons. The van der Waals surface area contributed by atoms with Crippen molar-refractivity contribution in [1.82, 2.24) is 0 Å². The molecule has 2 rings (SSSR count). The first-order chi connectivity index (χ1) is 9.95. The Morgan fingerprint density at radius 2 is 2.10 bits per heavy atom. The van der Waals surface area contributed by atoms with E-state index in [0.29, 0.717) is 22.1 Å². The first-order valence-electron chi connectivity index (χ1n) is 6.24. The van der Waals surface area contributed by atoms with Crippen LogP contribution in [0.25, 0.3) is 0 Å². The van der Waals surface area contributed by atoms with Crippen LogP contribution >= 0.6 is 27.5 Å². The van der Waals surface area contributed by atoms with Gasteiger partial charge < -0.3 is 15.8 Å². The maximum Gasteiger partial charge on any atom is 0.265 e. The number of hydrogen-bond acceptors (Lipinski definition) is 3. The van der Waals surface area contributed by atoms with Gasteiger partial charge in [-0.2, -0.15) is 0 Å². The molecule has 0 aliphatic rings. The van der Waals surface area contributed by atoms with Crippen molar-refractivity contribution < 1.29 is 9.53 Å². The smallest absolute Gasteiger partial charge is 0.265 e. The van der Waals surface area contributed by atoms with Gasteiger partial charge in [0.2, 0.25) is 0 Å². The van der Waals surface area contributed by atoms with Gasteiger partial charge in [0.15, 0.2) is 6.10 Å². The predicted octanol–water partition coefficient (Wildman–Crippen LogP) is 4.09. The standard InChI is InChI=1S/C15H14BrClN2O2/c1-9(21-12-4-2-3-10(16)7-12)15(20)19-14-6-5-11(17)8-13(14)18/h2-9H,18H2,1H3,(H,19,20). The highest BCUT2D eigenvalue weighted by molar-refractivity contribution is 9.10. The van der Waals surface area contributed by atoms with Gasteiger partial charge in [-0.25, -0.2) is 0 Å². The molecular formula is C15H14BrClN2O2. The number of carbonyl (C=O) groups is 1. The molecule has 0 aliphatic heterocycles. The average molecular weight is 370 g/mol. The normalized spacial score (nSPS) is 11.8. The van der Waals surface area contributed by atoms with Crippen molar-refractivity contribution in [2.45, 2.75) is 13.0 Å².